The number of ether oxygens (including phenoxy) is 1. The highest BCUT2D eigenvalue weighted by molar-refractivity contribution is 6.16. The van der Waals surface area contributed by atoms with Crippen molar-refractivity contribution < 1.29 is 4.74 Å². The summed E-state index contributed by atoms with van der Waals surface area (Å²) >= 11 is 6.12. The molecule has 0 saturated heterocycles. The maximum atomic E-state index is 6.12. The lowest BCUT2D eigenvalue weighted by Gasteiger charge is -2.41. The van der Waals surface area contributed by atoms with Crippen LogP contribution in [0.5, 0.6) is 5.75 Å². The molecule has 0 N–H and O–H groups in total. The van der Waals surface area contributed by atoms with Crippen molar-refractivity contribution in [2.45, 2.75) is 50.9 Å². The maximum Gasteiger partial charge on any atom is 0.147 e. The predicted molar refractivity (Wildman–Crippen MR) is 82.6 cm³/mol. The molecule has 1 aromatic carbocycles. The van der Waals surface area contributed by atoms with Crippen molar-refractivity contribution in [2.24, 2.45) is 0 Å². The Bertz CT molecular complexity index is 616. The third-order valence-electron chi connectivity index (χ3n) is 4.27. The van der Waals surface area contributed by atoms with E-state index >= 15 is 0 Å². The molecule has 0 unspecified atom stereocenters. The molecule has 4 heteroatoms. The fourth-order valence-corrected chi connectivity index (χ4v) is 3.23. The van der Waals surface area contributed by atoms with Crippen molar-refractivity contribution in [3.8, 4) is 5.75 Å². The summed E-state index contributed by atoms with van der Waals surface area (Å²) in [6.07, 6.45) is 4.67. The predicted octanol–water partition coefficient (Wildman–Crippen LogP) is 4.46. The molecular formula is C16H21ClN2O. The highest BCUT2D eigenvalue weighted by Crippen LogP contribution is 2.42. The van der Waals surface area contributed by atoms with E-state index in [1.165, 1.54) is 19.3 Å². The molecule has 1 saturated carbocycles. The molecular weight excluding hydrogens is 272 g/mol. The summed E-state index contributed by atoms with van der Waals surface area (Å²) in [4.78, 5) is 4.74. The van der Waals surface area contributed by atoms with Crippen LogP contribution >= 0.6 is 11.6 Å². The molecule has 0 aliphatic heterocycles. The van der Waals surface area contributed by atoms with E-state index in [1.807, 2.05) is 12.1 Å². The van der Waals surface area contributed by atoms with Crippen molar-refractivity contribution in [1.29, 1.82) is 0 Å². The lowest BCUT2D eigenvalue weighted by molar-refractivity contribution is 0.171. The van der Waals surface area contributed by atoms with E-state index in [9.17, 15) is 0 Å². The average Bonchev–Trinajstić information content (AvgIpc) is 2.81. The molecule has 1 aromatic heterocycles. The standard InChI is InChI=1S/C16H21ClN2O/c1-3-10-20-13-7-4-6-12-15(13)18-14(11-17)19(12)16(2)8-5-9-16/h4,6-7H,3,5,8-11H2,1-2H3. The van der Waals surface area contributed by atoms with Crippen LogP contribution in [0.2, 0.25) is 0 Å². The van der Waals surface area contributed by atoms with E-state index in [0.29, 0.717) is 5.88 Å². The normalized spacial score (nSPS) is 17.1. The molecule has 3 rings (SSSR count). The van der Waals surface area contributed by atoms with Gasteiger partial charge in [-0.25, -0.2) is 4.98 Å². The van der Waals surface area contributed by atoms with Crippen molar-refractivity contribution in [2.75, 3.05) is 6.61 Å². The molecule has 0 atom stereocenters. The summed E-state index contributed by atoms with van der Waals surface area (Å²) < 4.78 is 8.16. The maximum absolute atomic E-state index is 6.12. The molecule has 3 nitrogen and oxygen atoms in total. The fourth-order valence-electron chi connectivity index (χ4n) is 3.05. The topological polar surface area (TPSA) is 27.1 Å². The molecule has 0 bridgehead atoms. The zero-order valence-corrected chi connectivity index (χ0v) is 12.9. The molecule has 1 aliphatic carbocycles. The molecule has 0 radical (unpaired) electrons. The van der Waals surface area contributed by atoms with Gasteiger partial charge < -0.3 is 9.30 Å². The number of rotatable bonds is 5. The molecule has 0 spiro atoms. The number of fused-ring (bicyclic) bond motifs is 1. The number of hydrogen-bond acceptors (Lipinski definition) is 2. The second kappa shape index (κ2) is 5.28. The minimum absolute atomic E-state index is 0.169. The van der Waals surface area contributed by atoms with Crippen molar-refractivity contribution in [3.05, 3.63) is 24.0 Å². The summed E-state index contributed by atoms with van der Waals surface area (Å²) in [5, 5.41) is 0. The number of alkyl halides is 1. The third kappa shape index (κ3) is 2.08. The van der Waals surface area contributed by atoms with Crippen molar-refractivity contribution in [1.82, 2.24) is 9.55 Å². The number of aromatic nitrogens is 2. The van der Waals surface area contributed by atoms with Crippen LogP contribution in [-0.4, -0.2) is 16.2 Å². The zero-order chi connectivity index (χ0) is 14.2. The SMILES string of the molecule is CCCOc1cccc2c1nc(CCl)n2C1(C)CCC1. The summed E-state index contributed by atoms with van der Waals surface area (Å²) in [5.41, 5.74) is 2.27. The van der Waals surface area contributed by atoms with Crippen LogP contribution in [0, 0.1) is 0 Å². The van der Waals surface area contributed by atoms with Gasteiger partial charge >= 0.3 is 0 Å². The van der Waals surface area contributed by atoms with Gasteiger partial charge in [0.05, 0.1) is 18.0 Å². The second-order valence-electron chi connectivity index (χ2n) is 5.82. The smallest absolute Gasteiger partial charge is 0.147 e. The lowest BCUT2D eigenvalue weighted by atomic mass is 9.78. The van der Waals surface area contributed by atoms with Gasteiger partial charge in [-0.1, -0.05) is 13.0 Å². The van der Waals surface area contributed by atoms with Crippen LogP contribution in [0.1, 0.15) is 45.4 Å². The van der Waals surface area contributed by atoms with Gasteiger partial charge in [-0.3, -0.25) is 0 Å². The monoisotopic (exact) mass is 292 g/mol. The first-order chi connectivity index (χ1) is 9.69. The Labute approximate surface area is 124 Å². The number of hydrogen-bond donors (Lipinski definition) is 0. The lowest BCUT2D eigenvalue weighted by Crippen LogP contribution is -2.38. The van der Waals surface area contributed by atoms with Crippen molar-refractivity contribution in [3.63, 3.8) is 0 Å². The Kier molecular flexibility index (Phi) is 3.63. The number of halogens is 1. The first kappa shape index (κ1) is 13.7. The second-order valence-corrected chi connectivity index (χ2v) is 6.09. The zero-order valence-electron chi connectivity index (χ0n) is 12.2. The summed E-state index contributed by atoms with van der Waals surface area (Å²) in [6, 6.07) is 6.17. The molecule has 20 heavy (non-hydrogen) atoms. The van der Waals surface area contributed by atoms with Crippen LogP contribution in [0.15, 0.2) is 18.2 Å². The first-order valence-corrected chi connectivity index (χ1v) is 7.92. The van der Waals surface area contributed by atoms with E-state index in [-0.39, 0.29) is 5.54 Å². The molecule has 1 heterocycles. The molecule has 2 aromatic rings. The van der Waals surface area contributed by atoms with Gasteiger partial charge in [-0.05, 0) is 44.7 Å². The number of nitrogens with zero attached hydrogens (tertiary/aromatic N) is 2. The van der Waals surface area contributed by atoms with E-state index in [2.05, 4.69) is 24.5 Å². The fraction of sp³-hybridized carbons (Fsp3) is 0.562. The van der Waals surface area contributed by atoms with Crippen LogP contribution in [0.4, 0.5) is 0 Å². The van der Waals surface area contributed by atoms with Crippen LogP contribution < -0.4 is 4.74 Å². The first-order valence-electron chi connectivity index (χ1n) is 7.39. The molecule has 1 fully saturated rings. The quantitative estimate of drug-likeness (QED) is 0.761. The Balaban J connectivity index is 2.14. The van der Waals surface area contributed by atoms with E-state index in [1.54, 1.807) is 0 Å². The highest BCUT2D eigenvalue weighted by Gasteiger charge is 2.36. The average molecular weight is 293 g/mol. The van der Waals surface area contributed by atoms with Gasteiger partial charge in [0.15, 0.2) is 0 Å². The molecule has 0 amide bonds. The molecule has 108 valence electrons. The van der Waals surface area contributed by atoms with Gasteiger partial charge in [0.2, 0.25) is 0 Å². The molecule has 1 aliphatic rings. The largest absolute Gasteiger partial charge is 0.491 e. The number of imidazole rings is 1. The number of para-hydroxylation sites is 1. The van der Waals surface area contributed by atoms with Gasteiger partial charge in [0, 0.05) is 5.54 Å². The minimum Gasteiger partial charge on any atom is -0.491 e. The van der Waals surface area contributed by atoms with E-state index in [4.69, 9.17) is 21.3 Å². The Hall–Kier alpha value is -1.22. The van der Waals surface area contributed by atoms with Gasteiger partial charge in [0.25, 0.3) is 0 Å². The minimum atomic E-state index is 0.169. The van der Waals surface area contributed by atoms with Crippen molar-refractivity contribution >= 4 is 22.6 Å². The van der Waals surface area contributed by atoms with Crippen LogP contribution in [0.3, 0.4) is 0 Å². The van der Waals surface area contributed by atoms with Gasteiger partial charge in [0.1, 0.15) is 17.1 Å². The van der Waals surface area contributed by atoms with E-state index in [0.717, 1.165) is 35.6 Å². The Morgan fingerprint density at radius 1 is 1.40 bits per heavy atom. The summed E-state index contributed by atoms with van der Waals surface area (Å²) in [6.45, 7) is 5.13. The summed E-state index contributed by atoms with van der Waals surface area (Å²) in [7, 11) is 0. The van der Waals surface area contributed by atoms with Crippen LogP contribution in [-0.2, 0) is 11.4 Å². The highest BCUT2D eigenvalue weighted by atomic mass is 35.5. The Morgan fingerprint density at radius 2 is 2.20 bits per heavy atom. The third-order valence-corrected chi connectivity index (χ3v) is 4.51. The van der Waals surface area contributed by atoms with Gasteiger partial charge in [-0.2, -0.15) is 0 Å². The Morgan fingerprint density at radius 3 is 2.80 bits per heavy atom. The van der Waals surface area contributed by atoms with Crippen LogP contribution in [0.25, 0.3) is 11.0 Å². The van der Waals surface area contributed by atoms with E-state index < -0.39 is 0 Å². The summed E-state index contributed by atoms with van der Waals surface area (Å²) in [5.74, 6) is 2.27. The number of benzene rings is 1. The van der Waals surface area contributed by atoms with Gasteiger partial charge in [-0.15, -0.1) is 11.6 Å².